The summed E-state index contributed by atoms with van der Waals surface area (Å²) < 4.78 is 28.6. The molecule has 0 saturated carbocycles. The van der Waals surface area contributed by atoms with Crippen LogP contribution in [0, 0.1) is 11.6 Å². The lowest BCUT2D eigenvalue weighted by Crippen LogP contribution is -2.32. The molecule has 0 unspecified atom stereocenters. The third-order valence-electron chi connectivity index (χ3n) is 4.91. The molecule has 3 aromatic rings. The number of nitrogens with zero attached hydrogens (tertiary/aromatic N) is 3. The van der Waals surface area contributed by atoms with Gasteiger partial charge >= 0.3 is 0 Å². The Morgan fingerprint density at radius 2 is 1.93 bits per heavy atom. The number of hydrogen-bond donors (Lipinski definition) is 0. The SMILES string of the molecule is C=CCN(C(=O)c1nn(-c2ccc(F)c(F)c2)c2c1CCC2)c1ccccc1. The van der Waals surface area contributed by atoms with Crippen molar-refractivity contribution in [3.05, 3.63) is 89.8 Å². The molecule has 4 rings (SSSR count). The van der Waals surface area contributed by atoms with Crippen LogP contribution in [0.4, 0.5) is 14.5 Å². The molecule has 1 aliphatic carbocycles. The van der Waals surface area contributed by atoms with E-state index in [9.17, 15) is 13.6 Å². The summed E-state index contributed by atoms with van der Waals surface area (Å²) in [5.74, 6) is -2.08. The van der Waals surface area contributed by atoms with E-state index in [0.29, 0.717) is 17.9 Å². The van der Waals surface area contributed by atoms with Crippen molar-refractivity contribution in [2.75, 3.05) is 11.4 Å². The van der Waals surface area contributed by atoms with Crippen LogP contribution in [0.2, 0.25) is 0 Å². The van der Waals surface area contributed by atoms with Crippen molar-refractivity contribution >= 4 is 11.6 Å². The number of hydrogen-bond acceptors (Lipinski definition) is 2. The molecule has 0 atom stereocenters. The van der Waals surface area contributed by atoms with Crippen LogP contribution >= 0.6 is 0 Å². The molecule has 2 aromatic carbocycles. The highest BCUT2D eigenvalue weighted by atomic mass is 19.2. The number of fused-ring (bicyclic) bond motifs is 1. The maximum Gasteiger partial charge on any atom is 0.279 e. The Balaban J connectivity index is 1.78. The number of para-hydroxylation sites is 1. The van der Waals surface area contributed by atoms with Crippen LogP contribution in [-0.4, -0.2) is 22.2 Å². The maximum atomic E-state index is 13.7. The van der Waals surface area contributed by atoms with E-state index in [2.05, 4.69) is 11.7 Å². The van der Waals surface area contributed by atoms with Gasteiger partial charge in [-0.15, -0.1) is 6.58 Å². The summed E-state index contributed by atoms with van der Waals surface area (Å²) in [6.07, 6.45) is 4.03. The Morgan fingerprint density at radius 3 is 2.64 bits per heavy atom. The number of carbonyl (C=O) groups is 1. The zero-order valence-electron chi connectivity index (χ0n) is 15.2. The first-order chi connectivity index (χ1) is 13.6. The van der Waals surface area contributed by atoms with Gasteiger partial charge in [-0.25, -0.2) is 13.5 Å². The van der Waals surface area contributed by atoms with Gasteiger partial charge in [-0.05, 0) is 43.5 Å². The molecular formula is C22H19F2N3O. The smallest absolute Gasteiger partial charge is 0.279 e. The number of amides is 1. The summed E-state index contributed by atoms with van der Waals surface area (Å²) in [5.41, 5.74) is 3.26. The molecule has 142 valence electrons. The van der Waals surface area contributed by atoms with Gasteiger partial charge in [-0.3, -0.25) is 4.79 Å². The van der Waals surface area contributed by atoms with Crippen molar-refractivity contribution < 1.29 is 13.6 Å². The summed E-state index contributed by atoms with van der Waals surface area (Å²) in [6, 6.07) is 13.0. The van der Waals surface area contributed by atoms with E-state index in [1.165, 1.54) is 6.07 Å². The molecule has 0 fully saturated rings. The molecule has 0 aliphatic heterocycles. The lowest BCUT2D eigenvalue weighted by Gasteiger charge is -2.20. The number of rotatable bonds is 5. The summed E-state index contributed by atoms with van der Waals surface area (Å²) >= 11 is 0. The number of anilines is 1. The van der Waals surface area contributed by atoms with Gasteiger partial charge in [0.2, 0.25) is 0 Å². The standard InChI is InChI=1S/C22H19F2N3O/c1-2-13-26(15-7-4-3-5-8-15)22(28)21-17-9-6-10-20(17)27(25-21)16-11-12-18(23)19(24)14-16/h2-5,7-8,11-12,14H,1,6,9-10,13H2. The molecule has 1 heterocycles. The van der Waals surface area contributed by atoms with E-state index in [-0.39, 0.29) is 5.91 Å². The Bertz CT molecular complexity index is 1040. The molecule has 1 aliphatic rings. The largest absolute Gasteiger partial charge is 0.303 e. The summed E-state index contributed by atoms with van der Waals surface area (Å²) in [4.78, 5) is 14.9. The molecule has 1 aromatic heterocycles. The third-order valence-corrected chi connectivity index (χ3v) is 4.91. The number of halogens is 2. The molecule has 4 nitrogen and oxygen atoms in total. The maximum absolute atomic E-state index is 13.7. The van der Waals surface area contributed by atoms with Crippen LogP contribution in [0.1, 0.15) is 28.2 Å². The van der Waals surface area contributed by atoms with Gasteiger partial charge in [0.05, 0.1) is 5.69 Å². The van der Waals surface area contributed by atoms with Gasteiger partial charge < -0.3 is 4.90 Å². The van der Waals surface area contributed by atoms with Crippen LogP contribution in [0.25, 0.3) is 5.69 Å². The van der Waals surface area contributed by atoms with Gasteiger partial charge in [-0.2, -0.15) is 5.10 Å². The second-order valence-corrected chi connectivity index (χ2v) is 6.68. The topological polar surface area (TPSA) is 38.1 Å². The Morgan fingerprint density at radius 1 is 1.14 bits per heavy atom. The first kappa shape index (κ1) is 18.1. The summed E-state index contributed by atoms with van der Waals surface area (Å²) in [5, 5.41) is 4.50. The molecule has 0 bridgehead atoms. The minimum atomic E-state index is -0.940. The van der Waals surface area contributed by atoms with Crippen molar-refractivity contribution in [1.29, 1.82) is 0 Å². The quantitative estimate of drug-likeness (QED) is 0.614. The van der Waals surface area contributed by atoms with Crippen molar-refractivity contribution in [2.24, 2.45) is 0 Å². The van der Waals surface area contributed by atoms with Crippen molar-refractivity contribution in [3.63, 3.8) is 0 Å². The van der Waals surface area contributed by atoms with E-state index < -0.39 is 11.6 Å². The lowest BCUT2D eigenvalue weighted by molar-refractivity contribution is 0.0983. The van der Waals surface area contributed by atoms with Gasteiger partial charge in [0.15, 0.2) is 17.3 Å². The molecule has 0 N–H and O–H groups in total. The monoisotopic (exact) mass is 379 g/mol. The predicted octanol–water partition coefficient (Wildman–Crippen LogP) is 4.47. The van der Waals surface area contributed by atoms with Crippen LogP contribution in [-0.2, 0) is 12.8 Å². The molecule has 0 saturated heterocycles. The predicted molar refractivity (Wildman–Crippen MR) is 104 cm³/mol. The van der Waals surface area contributed by atoms with E-state index >= 15 is 0 Å². The average molecular weight is 379 g/mol. The van der Waals surface area contributed by atoms with Crippen LogP contribution in [0.15, 0.2) is 61.2 Å². The number of carbonyl (C=O) groups excluding carboxylic acids is 1. The first-order valence-corrected chi connectivity index (χ1v) is 9.14. The Hall–Kier alpha value is -3.28. The minimum Gasteiger partial charge on any atom is -0.303 e. The van der Waals surface area contributed by atoms with Crippen molar-refractivity contribution in [3.8, 4) is 5.69 Å². The minimum absolute atomic E-state index is 0.231. The highest BCUT2D eigenvalue weighted by Crippen LogP contribution is 2.30. The van der Waals surface area contributed by atoms with Crippen LogP contribution in [0.3, 0.4) is 0 Å². The number of aromatic nitrogens is 2. The summed E-state index contributed by atoms with van der Waals surface area (Å²) in [6.45, 7) is 4.09. The lowest BCUT2D eigenvalue weighted by atomic mass is 10.1. The van der Waals surface area contributed by atoms with E-state index in [1.807, 2.05) is 30.3 Å². The molecule has 6 heteroatoms. The Labute approximate surface area is 161 Å². The first-order valence-electron chi connectivity index (χ1n) is 9.14. The van der Waals surface area contributed by atoms with Crippen molar-refractivity contribution in [2.45, 2.75) is 19.3 Å². The highest BCUT2D eigenvalue weighted by Gasteiger charge is 2.30. The molecule has 28 heavy (non-hydrogen) atoms. The van der Waals surface area contributed by atoms with Gasteiger partial charge in [0.1, 0.15) is 0 Å². The van der Waals surface area contributed by atoms with Crippen LogP contribution in [0.5, 0.6) is 0 Å². The zero-order chi connectivity index (χ0) is 19.7. The normalized spacial score (nSPS) is 12.6. The fraction of sp³-hybridized carbons (Fsp3) is 0.182. The van der Waals surface area contributed by atoms with Gasteiger partial charge in [-0.1, -0.05) is 24.3 Å². The second kappa shape index (κ2) is 7.38. The van der Waals surface area contributed by atoms with Crippen LogP contribution < -0.4 is 4.90 Å². The molecular weight excluding hydrogens is 360 g/mol. The van der Waals surface area contributed by atoms with E-state index in [1.54, 1.807) is 15.7 Å². The number of benzene rings is 2. The van der Waals surface area contributed by atoms with Gasteiger partial charge in [0.25, 0.3) is 5.91 Å². The van der Waals surface area contributed by atoms with Gasteiger partial charge in [0, 0.05) is 29.6 Å². The van der Waals surface area contributed by atoms with E-state index in [4.69, 9.17) is 0 Å². The Kier molecular flexibility index (Phi) is 4.77. The molecule has 0 radical (unpaired) electrons. The third kappa shape index (κ3) is 3.11. The fourth-order valence-electron chi connectivity index (χ4n) is 3.61. The summed E-state index contributed by atoms with van der Waals surface area (Å²) in [7, 11) is 0. The second-order valence-electron chi connectivity index (χ2n) is 6.68. The molecule has 1 amide bonds. The van der Waals surface area contributed by atoms with Crippen molar-refractivity contribution in [1.82, 2.24) is 9.78 Å². The highest BCUT2D eigenvalue weighted by molar-refractivity contribution is 6.06. The zero-order valence-corrected chi connectivity index (χ0v) is 15.2. The average Bonchev–Trinajstić information content (AvgIpc) is 3.31. The molecule has 0 spiro atoms. The van der Waals surface area contributed by atoms with E-state index in [0.717, 1.165) is 48.3 Å². The fourth-order valence-corrected chi connectivity index (χ4v) is 3.61.